The molecule has 0 spiro atoms. The Morgan fingerprint density at radius 1 is 1.38 bits per heavy atom. The van der Waals surface area contributed by atoms with Crippen LogP contribution in [0.3, 0.4) is 0 Å². The highest BCUT2D eigenvalue weighted by Crippen LogP contribution is 2.16. The molecular weight excluding hydrogens is 308 g/mol. The summed E-state index contributed by atoms with van der Waals surface area (Å²) in [5.74, 6) is -0.373. The van der Waals surface area contributed by atoms with Gasteiger partial charge in [-0.3, -0.25) is 0 Å². The minimum Gasteiger partial charge on any atom is -0.463 e. The van der Waals surface area contributed by atoms with Crippen molar-refractivity contribution >= 4 is 23.8 Å². The molecule has 6 heteroatoms. The number of hydrogen-bond acceptors (Lipinski definition) is 4. The molecule has 2 amide bonds. The second-order valence-corrected chi connectivity index (χ2v) is 5.65. The summed E-state index contributed by atoms with van der Waals surface area (Å²) in [5.41, 5.74) is 1.53. The molecule has 130 valence electrons. The molecule has 1 fully saturated rings. The molecule has 0 saturated carbocycles. The van der Waals surface area contributed by atoms with Gasteiger partial charge in [0.2, 0.25) is 0 Å². The molecule has 1 aliphatic heterocycles. The first-order chi connectivity index (χ1) is 11.6. The summed E-state index contributed by atoms with van der Waals surface area (Å²) in [6.45, 7) is 4.82. The number of anilines is 1. The fourth-order valence-corrected chi connectivity index (χ4v) is 2.50. The van der Waals surface area contributed by atoms with E-state index in [1.54, 1.807) is 25.1 Å². The molecule has 0 unspecified atom stereocenters. The maximum Gasteiger partial charge on any atom is 0.330 e. The van der Waals surface area contributed by atoms with Crippen LogP contribution in [0.4, 0.5) is 10.5 Å². The third-order valence-electron chi connectivity index (χ3n) is 3.75. The summed E-state index contributed by atoms with van der Waals surface area (Å²) in [4.78, 5) is 23.3. The smallest absolute Gasteiger partial charge is 0.330 e. The molecule has 1 saturated heterocycles. The van der Waals surface area contributed by atoms with E-state index in [0.717, 1.165) is 25.0 Å². The third-order valence-corrected chi connectivity index (χ3v) is 3.75. The Hall–Kier alpha value is -2.34. The lowest BCUT2D eigenvalue weighted by molar-refractivity contribution is -0.137. The van der Waals surface area contributed by atoms with E-state index in [0.29, 0.717) is 12.3 Å². The zero-order valence-corrected chi connectivity index (χ0v) is 14.1. The van der Waals surface area contributed by atoms with Crippen molar-refractivity contribution in [1.29, 1.82) is 0 Å². The Bertz CT molecular complexity index is 577. The number of benzene rings is 1. The molecule has 0 aliphatic carbocycles. The van der Waals surface area contributed by atoms with Gasteiger partial charge in [-0.15, -0.1) is 0 Å². The minimum atomic E-state index is -0.373. The lowest BCUT2D eigenvalue weighted by atomic mass is 10.1. The van der Waals surface area contributed by atoms with E-state index >= 15 is 0 Å². The largest absolute Gasteiger partial charge is 0.463 e. The fraction of sp³-hybridized carbons (Fsp3) is 0.444. The summed E-state index contributed by atoms with van der Waals surface area (Å²) < 4.78 is 10.4. The summed E-state index contributed by atoms with van der Waals surface area (Å²) in [5, 5.41) is 5.68. The van der Waals surface area contributed by atoms with E-state index in [4.69, 9.17) is 9.47 Å². The molecule has 2 N–H and O–H groups in total. The van der Waals surface area contributed by atoms with Crippen LogP contribution in [0.25, 0.3) is 6.08 Å². The van der Waals surface area contributed by atoms with E-state index in [9.17, 15) is 9.59 Å². The lowest BCUT2D eigenvalue weighted by Gasteiger charge is -2.20. The first-order valence-corrected chi connectivity index (χ1v) is 8.22. The van der Waals surface area contributed by atoms with Gasteiger partial charge < -0.3 is 20.1 Å². The lowest BCUT2D eigenvalue weighted by Crippen LogP contribution is -2.42. The van der Waals surface area contributed by atoms with Crippen LogP contribution in [0.5, 0.6) is 0 Å². The summed E-state index contributed by atoms with van der Waals surface area (Å²) in [6.07, 6.45) is 5.15. The van der Waals surface area contributed by atoms with Crippen molar-refractivity contribution in [1.82, 2.24) is 5.32 Å². The van der Waals surface area contributed by atoms with Crippen LogP contribution >= 0.6 is 0 Å². The van der Waals surface area contributed by atoms with Gasteiger partial charge in [-0.05, 0) is 50.5 Å². The summed E-state index contributed by atoms with van der Waals surface area (Å²) in [6, 6.07) is 6.90. The van der Waals surface area contributed by atoms with Gasteiger partial charge in [0, 0.05) is 18.4 Å². The average molecular weight is 332 g/mol. The third kappa shape index (κ3) is 5.70. The van der Waals surface area contributed by atoms with Gasteiger partial charge in [-0.25, -0.2) is 9.59 Å². The predicted molar refractivity (Wildman–Crippen MR) is 92.7 cm³/mol. The van der Waals surface area contributed by atoms with Crippen LogP contribution in [-0.2, 0) is 14.3 Å². The molecule has 24 heavy (non-hydrogen) atoms. The predicted octanol–water partition coefficient (Wildman–Crippen LogP) is 2.95. The van der Waals surface area contributed by atoms with Crippen molar-refractivity contribution in [2.24, 2.45) is 0 Å². The van der Waals surface area contributed by atoms with Crippen molar-refractivity contribution in [2.75, 3.05) is 18.5 Å². The first kappa shape index (κ1) is 18.0. The number of carbonyl (C=O) groups excluding carboxylic acids is 2. The Balaban J connectivity index is 1.82. The monoisotopic (exact) mass is 332 g/mol. The molecule has 1 aromatic carbocycles. The van der Waals surface area contributed by atoms with E-state index in [2.05, 4.69) is 10.6 Å². The van der Waals surface area contributed by atoms with Gasteiger partial charge in [0.05, 0.1) is 18.8 Å². The SMILES string of the molecule is CCOC(=O)/C=C/c1ccc(NC(=O)N[C@H](C)[C@@H]2CCCO2)cc1. The van der Waals surface area contributed by atoms with E-state index in [1.807, 2.05) is 19.1 Å². The van der Waals surface area contributed by atoms with Crippen molar-refractivity contribution < 1.29 is 19.1 Å². The van der Waals surface area contributed by atoms with Gasteiger partial charge >= 0.3 is 12.0 Å². The molecule has 0 bridgehead atoms. The molecule has 2 rings (SSSR count). The van der Waals surface area contributed by atoms with E-state index in [-0.39, 0.29) is 24.1 Å². The van der Waals surface area contributed by atoms with E-state index < -0.39 is 0 Å². The van der Waals surface area contributed by atoms with Crippen LogP contribution in [0.2, 0.25) is 0 Å². The molecule has 2 atom stereocenters. The Morgan fingerprint density at radius 2 is 2.12 bits per heavy atom. The molecular formula is C18H24N2O4. The molecule has 0 radical (unpaired) electrons. The highest BCUT2D eigenvalue weighted by atomic mass is 16.5. The topological polar surface area (TPSA) is 76.7 Å². The van der Waals surface area contributed by atoms with Crippen molar-refractivity contribution in [2.45, 2.75) is 38.8 Å². The molecule has 6 nitrogen and oxygen atoms in total. The highest BCUT2D eigenvalue weighted by Gasteiger charge is 2.23. The summed E-state index contributed by atoms with van der Waals surface area (Å²) in [7, 11) is 0. The number of amides is 2. The maximum atomic E-state index is 12.0. The van der Waals surface area contributed by atoms with Gasteiger partial charge in [-0.1, -0.05) is 12.1 Å². The quantitative estimate of drug-likeness (QED) is 0.620. The maximum absolute atomic E-state index is 12.0. The van der Waals surface area contributed by atoms with Crippen molar-refractivity contribution in [3.63, 3.8) is 0 Å². The first-order valence-electron chi connectivity index (χ1n) is 8.22. The van der Waals surface area contributed by atoms with Crippen LogP contribution in [0.15, 0.2) is 30.3 Å². The zero-order chi connectivity index (χ0) is 17.4. The Labute approximate surface area is 142 Å². The Morgan fingerprint density at radius 3 is 2.75 bits per heavy atom. The average Bonchev–Trinajstić information content (AvgIpc) is 3.09. The molecule has 1 aromatic rings. The van der Waals surface area contributed by atoms with Crippen molar-refractivity contribution in [3.8, 4) is 0 Å². The van der Waals surface area contributed by atoms with E-state index in [1.165, 1.54) is 6.08 Å². The van der Waals surface area contributed by atoms with Gasteiger partial charge in [0.1, 0.15) is 0 Å². The van der Waals surface area contributed by atoms with Gasteiger partial charge in [0.15, 0.2) is 0 Å². The minimum absolute atomic E-state index is 0.0284. The zero-order valence-electron chi connectivity index (χ0n) is 14.1. The molecule has 0 aromatic heterocycles. The Kier molecular flexibility index (Phi) is 6.81. The number of urea groups is 1. The number of carbonyl (C=O) groups is 2. The van der Waals surface area contributed by atoms with Crippen LogP contribution in [0.1, 0.15) is 32.3 Å². The molecule has 1 heterocycles. The van der Waals surface area contributed by atoms with Gasteiger partial charge in [0.25, 0.3) is 0 Å². The molecule has 1 aliphatic rings. The number of rotatable bonds is 6. The number of esters is 1. The standard InChI is InChI=1S/C18H24N2O4/c1-3-23-17(21)11-8-14-6-9-15(10-7-14)20-18(22)19-13(2)16-5-4-12-24-16/h6-11,13,16H,3-5,12H2,1-2H3,(H2,19,20,22)/b11-8+/t13-,16+/m1/s1. The fourth-order valence-electron chi connectivity index (χ4n) is 2.50. The van der Waals surface area contributed by atoms with Crippen LogP contribution in [-0.4, -0.2) is 37.4 Å². The number of ether oxygens (including phenoxy) is 2. The van der Waals surface area contributed by atoms with Crippen molar-refractivity contribution in [3.05, 3.63) is 35.9 Å². The number of nitrogens with one attached hydrogen (secondary N) is 2. The van der Waals surface area contributed by atoms with Crippen LogP contribution in [0, 0.1) is 0 Å². The second kappa shape index (κ2) is 9.08. The van der Waals surface area contributed by atoms with Crippen LogP contribution < -0.4 is 10.6 Å². The normalized spacial score (nSPS) is 18.3. The number of hydrogen-bond donors (Lipinski definition) is 2. The highest BCUT2D eigenvalue weighted by molar-refractivity contribution is 5.90. The van der Waals surface area contributed by atoms with Gasteiger partial charge in [-0.2, -0.15) is 0 Å². The second-order valence-electron chi connectivity index (χ2n) is 5.65. The summed E-state index contributed by atoms with van der Waals surface area (Å²) >= 11 is 0.